The van der Waals surface area contributed by atoms with Crippen molar-refractivity contribution in [2.75, 3.05) is 19.7 Å². The zero-order chi connectivity index (χ0) is 26.2. The van der Waals surface area contributed by atoms with Crippen LogP contribution in [0, 0.1) is 0 Å². The van der Waals surface area contributed by atoms with Gasteiger partial charge >= 0.3 is 5.97 Å². The molecular weight excluding hydrogens is 476 g/mol. The smallest absolute Gasteiger partial charge is 0.331 e. The molecule has 1 fully saturated rings. The lowest BCUT2D eigenvalue weighted by atomic mass is 10.0. The average molecular weight is 513 g/mol. The van der Waals surface area contributed by atoms with Gasteiger partial charge in [-0.2, -0.15) is 4.31 Å². The fraction of sp³-hybridized carbons (Fsp3) is 0.429. The third-order valence-corrected chi connectivity index (χ3v) is 8.04. The largest absolute Gasteiger partial charge is 0.452 e. The van der Waals surface area contributed by atoms with Gasteiger partial charge in [-0.05, 0) is 62.9 Å². The summed E-state index contributed by atoms with van der Waals surface area (Å²) < 4.78 is 32.6. The number of nitrogens with zero attached hydrogens (tertiary/aromatic N) is 2. The summed E-state index contributed by atoms with van der Waals surface area (Å²) in [6.07, 6.45) is 6.65. The summed E-state index contributed by atoms with van der Waals surface area (Å²) in [5.74, 6) is -0.922. The summed E-state index contributed by atoms with van der Waals surface area (Å²) in [7, 11) is -3.52. The second-order valence-electron chi connectivity index (χ2n) is 9.96. The third-order valence-electron chi connectivity index (χ3n) is 6.13. The molecule has 1 aliphatic rings. The first kappa shape index (κ1) is 27.6. The average Bonchev–Trinajstić information content (AvgIpc) is 3.15. The lowest BCUT2D eigenvalue weighted by molar-refractivity contribution is -0.151. The summed E-state index contributed by atoms with van der Waals surface area (Å²) in [5, 5.41) is 0. The molecule has 3 rings (SSSR count). The Bertz CT molecular complexity index is 1140. The molecule has 1 aliphatic heterocycles. The minimum atomic E-state index is -3.52. The number of benzene rings is 2. The van der Waals surface area contributed by atoms with E-state index in [9.17, 15) is 18.0 Å². The standard InChI is InChI=1S/C28H36N2O5S/c1-28(2,3)30(21-24-11-7-6-8-12-24)26(31)22-35-27(32)18-15-23-13-16-25(17-14-23)36(33,34)29-19-9-4-5-10-20-29/h6-8,11-18H,4-5,9-10,19-22H2,1-3H3/b18-15+. The molecule has 36 heavy (non-hydrogen) atoms. The number of carbonyl (C=O) groups excluding carboxylic acids is 2. The van der Waals surface area contributed by atoms with Crippen LogP contribution in [0.3, 0.4) is 0 Å². The van der Waals surface area contributed by atoms with Crippen molar-refractivity contribution in [3.8, 4) is 0 Å². The molecule has 194 valence electrons. The van der Waals surface area contributed by atoms with Gasteiger partial charge < -0.3 is 9.64 Å². The SMILES string of the molecule is CC(C)(C)N(Cc1ccccc1)C(=O)COC(=O)/C=C/c1ccc(S(=O)(=O)N2CCCCCC2)cc1. The van der Waals surface area contributed by atoms with Crippen molar-refractivity contribution in [2.45, 2.75) is 63.4 Å². The quantitative estimate of drug-likeness (QED) is 0.380. The minimum Gasteiger partial charge on any atom is -0.452 e. The maximum Gasteiger partial charge on any atom is 0.331 e. The third kappa shape index (κ3) is 7.77. The second-order valence-corrected chi connectivity index (χ2v) is 11.9. The molecule has 0 aromatic heterocycles. The second kappa shape index (κ2) is 12.3. The molecular formula is C28H36N2O5S. The maximum absolute atomic E-state index is 12.9. The molecule has 0 aliphatic carbocycles. The van der Waals surface area contributed by atoms with Gasteiger partial charge in [0, 0.05) is 31.2 Å². The maximum atomic E-state index is 12.9. The highest BCUT2D eigenvalue weighted by atomic mass is 32.2. The van der Waals surface area contributed by atoms with Gasteiger partial charge in [0.2, 0.25) is 10.0 Å². The van der Waals surface area contributed by atoms with E-state index in [0.717, 1.165) is 31.2 Å². The van der Waals surface area contributed by atoms with Crippen LogP contribution in [0.5, 0.6) is 0 Å². The molecule has 1 saturated heterocycles. The Labute approximate surface area is 214 Å². The van der Waals surface area contributed by atoms with Gasteiger partial charge in [0.1, 0.15) is 0 Å². The molecule has 0 bridgehead atoms. The van der Waals surface area contributed by atoms with Crippen molar-refractivity contribution < 1.29 is 22.7 Å². The number of sulfonamides is 1. The van der Waals surface area contributed by atoms with Crippen molar-refractivity contribution in [1.82, 2.24) is 9.21 Å². The van der Waals surface area contributed by atoms with E-state index in [4.69, 9.17) is 4.74 Å². The Morgan fingerprint density at radius 2 is 1.56 bits per heavy atom. The molecule has 0 radical (unpaired) electrons. The van der Waals surface area contributed by atoms with Crippen LogP contribution in [-0.2, 0) is 30.9 Å². The number of esters is 1. The van der Waals surface area contributed by atoms with Crippen molar-refractivity contribution in [2.24, 2.45) is 0 Å². The molecule has 0 spiro atoms. The van der Waals surface area contributed by atoms with Crippen LogP contribution in [-0.4, -0.2) is 54.7 Å². The van der Waals surface area contributed by atoms with E-state index < -0.39 is 21.5 Å². The molecule has 2 aromatic rings. The molecule has 1 amide bonds. The first-order valence-corrected chi connectivity index (χ1v) is 13.8. The molecule has 7 nitrogen and oxygen atoms in total. The van der Waals surface area contributed by atoms with Crippen LogP contribution in [0.15, 0.2) is 65.6 Å². The molecule has 0 saturated carbocycles. The number of carbonyl (C=O) groups is 2. The summed E-state index contributed by atoms with van der Waals surface area (Å²) in [4.78, 5) is 27.0. The number of hydrogen-bond donors (Lipinski definition) is 0. The number of amides is 1. The van der Waals surface area contributed by atoms with E-state index in [2.05, 4.69) is 0 Å². The van der Waals surface area contributed by atoms with E-state index in [1.54, 1.807) is 39.5 Å². The normalized spacial score (nSPS) is 15.4. The zero-order valence-corrected chi connectivity index (χ0v) is 22.2. The fourth-order valence-corrected chi connectivity index (χ4v) is 5.59. The monoisotopic (exact) mass is 512 g/mol. The highest BCUT2D eigenvalue weighted by Gasteiger charge is 2.27. The van der Waals surface area contributed by atoms with Crippen molar-refractivity contribution >= 4 is 28.0 Å². The van der Waals surface area contributed by atoms with Crippen LogP contribution < -0.4 is 0 Å². The minimum absolute atomic E-state index is 0.246. The van der Waals surface area contributed by atoms with E-state index in [1.807, 2.05) is 51.1 Å². The van der Waals surface area contributed by atoms with Gasteiger partial charge in [0.05, 0.1) is 4.90 Å². The summed E-state index contributed by atoms with van der Waals surface area (Å²) in [5.41, 5.74) is 1.21. The van der Waals surface area contributed by atoms with Crippen LogP contribution in [0.1, 0.15) is 57.6 Å². The summed E-state index contributed by atoms with van der Waals surface area (Å²) in [6.45, 7) is 6.97. The first-order chi connectivity index (χ1) is 17.1. The lowest BCUT2D eigenvalue weighted by Crippen LogP contribution is -2.46. The Morgan fingerprint density at radius 3 is 2.14 bits per heavy atom. The predicted molar refractivity (Wildman–Crippen MR) is 140 cm³/mol. The summed E-state index contributed by atoms with van der Waals surface area (Å²) >= 11 is 0. The highest BCUT2D eigenvalue weighted by molar-refractivity contribution is 7.89. The fourth-order valence-electron chi connectivity index (χ4n) is 4.07. The summed E-state index contributed by atoms with van der Waals surface area (Å²) in [6, 6.07) is 16.1. The zero-order valence-electron chi connectivity index (χ0n) is 21.4. The lowest BCUT2D eigenvalue weighted by Gasteiger charge is -2.35. The van der Waals surface area contributed by atoms with Gasteiger partial charge in [-0.3, -0.25) is 4.79 Å². The Balaban J connectivity index is 1.56. The van der Waals surface area contributed by atoms with Gasteiger partial charge in [0.15, 0.2) is 6.61 Å². The van der Waals surface area contributed by atoms with E-state index in [0.29, 0.717) is 25.2 Å². The van der Waals surface area contributed by atoms with Gasteiger partial charge in [-0.15, -0.1) is 0 Å². The van der Waals surface area contributed by atoms with Crippen LogP contribution in [0.4, 0.5) is 0 Å². The topological polar surface area (TPSA) is 84.0 Å². The molecule has 0 atom stereocenters. The first-order valence-electron chi connectivity index (χ1n) is 12.4. The van der Waals surface area contributed by atoms with Crippen LogP contribution >= 0.6 is 0 Å². The number of rotatable bonds is 8. The number of ether oxygens (including phenoxy) is 1. The molecule has 0 unspecified atom stereocenters. The van der Waals surface area contributed by atoms with Crippen molar-refractivity contribution in [3.05, 3.63) is 71.8 Å². The van der Waals surface area contributed by atoms with Gasteiger partial charge in [-0.1, -0.05) is 55.3 Å². The molecule has 8 heteroatoms. The highest BCUT2D eigenvalue weighted by Crippen LogP contribution is 2.21. The Kier molecular flexibility index (Phi) is 9.45. The molecule has 2 aromatic carbocycles. The predicted octanol–water partition coefficient (Wildman–Crippen LogP) is 4.64. The molecule has 1 heterocycles. The molecule has 0 N–H and O–H groups in total. The van der Waals surface area contributed by atoms with Crippen molar-refractivity contribution in [1.29, 1.82) is 0 Å². The van der Waals surface area contributed by atoms with Crippen LogP contribution in [0.25, 0.3) is 6.08 Å². The van der Waals surface area contributed by atoms with Crippen LogP contribution in [0.2, 0.25) is 0 Å². The van der Waals surface area contributed by atoms with Gasteiger partial charge in [0.25, 0.3) is 5.91 Å². The Morgan fingerprint density at radius 1 is 0.944 bits per heavy atom. The number of hydrogen-bond acceptors (Lipinski definition) is 5. The van der Waals surface area contributed by atoms with Gasteiger partial charge in [-0.25, -0.2) is 13.2 Å². The van der Waals surface area contributed by atoms with Crippen molar-refractivity contribution in [3.63, 3.8) is 0 Å². The van der Waals surface area contributed by atoms with E-state index in [-0.39, 0.29) is 17.4 Å². The van der Waals surface area contributed by atoms with E-state index >= 15 is 0 Å². The Hall–Kier alpha value is -2.97. The van der Waals surface area contributed by atoms with E-state index in [1.165, 1.54) is 6.08 Å².